The van der Waals surface area contributed by atoms with Crippen molar-refractivity contribution in [2.75, 3.05) is 50.8 Å². The molecule has 0 aliphatic carbocycles. The maximum Gasteiger partial charge on any atom is 0.239 e. The number of hydrogen-bond donors (Lipinski definition) is 1. The third-order valence-electron chi connectivity index (χ3n) is 6.10. The number of anilines is 1. The molecule has 2 amide bonds. The molecule has 0 spiro atoms. The van der Waals surface area contributed by atoms with Crippen molar-refractivity contribution in [2.24, 2.45) is 5.92 Å². The lowest BCUT2D eigenvalue weighted by molar-refractivity contribution is -0.132. The van der Waals surface area contributed by atoms with Gasteiger partial charge in [0.05, 0.1) is 13.2 Å². The van der Waals surface area contributed by atoms with Gasteiger partial charge in [-0.2, -0.15) is 0 Å². The Kier molecular flexibility index (Phi) is 7.33. The van der Waals surface area contributed by atoms with E-state index >= 15 is 0 Å². The fraction of sp³-hybridized carbons (Fsp3) is 0.440. The van der Waals surface area contributed by atoms with Gasteiger partial charge >= 0.3 is 0 Å². The Morgan fingerprint density at radius 1 is 1.00 bits per heavy atom. The van der Waals surface area contributed by atoms with Crippen molar-refractivity contribution in [3.05, 3.63) is 65.7 Å². The van der Waals surface area contributed by atoms with E-state index in [4.69, 9.17) is 4.74 Å². The number of morpholine rings is 1. The van der Waals surface area contributed by atoms with Crippen LogP contribution in [-0.2, 0) is 20.7 Å². The van der Waals surface area contributed by atoms with Gasteiger partial charge in [-0.1, -0.05) is 48.5 Å². The zero-order chi connectivity index (χ0) is 21.5. The molecule has 0 aromatic heterocycles. The summed E-state index contributed by atoms with van der Waals surface area (Å²) >= 11 is 0. The zero-order valence-electron chi connectivity index (χ0n) is 18.0. The molecule has 0 bridgehead atoms. The Balaban J connectivity index is 1.32. The van der Waals surface area contributed by atoms with E-state index < -0.39 is 5.92 Å². The number of carbonyl (C=O) groups is 2. The smallest absolute Gasteiger partial charge is 0.239 e. The standard InChI is InChI=1S/C25H31N3O3/c29-24(26-12-6-13-27-15-17-31-18-16-27)22-11-14-28(25(22)30)23-10-5-4-9-21(23)19-20-7-2-1-3-8-20/h1-5,7-10,22H,6,11-19H2,(H,26,29). The second-order valence-corrected chi connectivity index (χ2v) is 8.22. The molecular formula is C25H31N3O3. The minimum atomic E-state index is -0.590. The van der Waals surface area contributed by atoms with Gasteiger partial charge < -0.3 is 15.0 Å². The van der Waals surface area contributed by atoms with Crippen LogP contribution < -0.4 is 10.2 Å². The molecule has 0 saturated carbocycles. The van der Waals surface area contributed by atoms with Gasteiger partial charge in [0, 0.05) is 31.9 Å². The van der Waals surface area contributed by atoms with Gasteiger partial charge in [-0.15, -0.1) is 0 Å². The summed E-state index contributed by atoms with van der Waals surface area (Å²) in [5, 5.41) is 2.98. The van der Waals surface area contributed by atoms with Crippen molar-refractivity contribution in [2.45, 2.75) is 19.3 Å². The van der Waals surface area contributed by atoms with E-state index in [1.807, 2.05) is 36.4 Å². The van der Waals surface area contributed by atoms with Crippen molar-refractivity contribution in [3.63, 3.8) is 0 Å². The molecule has 31 heavy (non-hydrogen) atoms. The molecule has 1 unspecified atom stereocenters. The number of hydrogen-bond acceptors (Lipinski definition) is 4. The van der Waals surface area contributed by atoms with Crippen LogP contribution in [0.4, 0.5) is 5.69 Å². The topological polar surface area (TPSA) is 61.9 Å². The summed E-state index contributed by atoms with van der Waals surface area (Å²) in [5.74, 6) is -0.825. The van der Waals surface area contributed by atoms with Gasteiger partial charge in [0.2, 0.25) is 11.8 Å². The third-order valence-corrected chi connectivity index (χ3v) is 6.10. The summed E-state index contributed by atoms with van der Waals surface area (Å²) in [7, 11) is 0. The Morgan fingerprint density at radius 2 is 1.74 bits per heavy atom. The molecule has 2 aromatic rings. The lowest BCUT2D eigenvalue weighted by Gasteiger charge is -2.26. The normalized spacial score (nSPS) is 19.5. The van der Waals surface area contributed by atoms with E-state index in [0.29, 0.717) is 19.5 Å². The molecule has 6 heteroatoms. The van der Waals surface area contributed by atoms with Gasteiger partial charge in [0.15, 0.2) is 0 Å². The van der Waals surface area contributed by atoms with Gasteiger partial charge in [0.1, 0.15) is 5.92 Å². The van der Waals surface area contributed by atoms with Crippen molar-refractivity contribution in [3.8, 4) is 0 Å². The number of nitrogens with zero attached hydrogens (tertiary/aromatic N) is 2. The third kappa shape index (κ3) is 5.51. The van der Waals surface area contributed by atoms with Crippen LogP contribution >= 0.6 is 0 Å². The molecule has 6 nitrogen and oxygen atoms in total. The molecule has 1 atom stereocenters. The van der Waals surface area contributed by atoms with E-state index in [-0.39, 0.29) is 11.8 Å². The monoisotopic (exact) mass is 421 g/mol. The Hall–Kier alpha value is -2.70. The highest BCUT2D eigenvalue weighted by atomic mass is 16.5. The number of carbonyl (C=O) groups excluding carboxylic acids is 2. The minimum Gasteiger partial charge on any atom is -0.379 e. The summed E-state index contributed by atoms with van der Waals surface area (Å²) < 4.78 is 5.36. The van der Waals surface area contributed by atoms with Crippen LogP contribution in [0.25, 0.3) is 0 Å². The first-order chi connectivity index (χ1) is 15.2. The number of rotatable bonds is 8. The number of benzene rings is 2. The lowest BCUT2D eigenvalue weighted by atomic mass is 10.0. The van der Waals surface area contributed by atoms with Crippen molar-refractivity contribution < 1.29 is 14.3 Å². The van der Waals surface area contributed by atoms with E-state index in [9.17, 15) is 9.59 Å². The summed E-state index contributed by atoms with van der Waals surface area (Å²) in [6.45, 7) is 5.59. The van der Waals surface area contributed by atoms with Gasteiger partial charge in [0.25, 0.3) is 0 Å². The van der Waals surface area contributed by atoms with Crippen molar-refractivity contribution in [1.29, 1.82) is 0 Å². The van der Waals surface area contributed by atoms with Gasteiger partial charge in [-0.05, 0) is 43.0 Å². The molecule has 2 fully saturated rings. The highest BCUT2D eigenvalue weighted by Gasteiger charge is 2.38. The molecule has 164 valence electrons. The fourth-order valence-corrected chi connectivity index (χ4v) is 4.36. The average molecular weight is 422 g/mol. The minimum absolute atomic E-state index is 0.0915. The zero-order valence-corrected chi connectivity index (χ0v) is 18.0. The highest BCUT2D eigenvalue weighted by Crippen LogP contribution is 2.29. The summed E-state index contributed by atoms with van der Waals surface area (Å²) in [5.41, 5.74) is 3.23. The first-order valence-corrected chi connectivity index (χ1v) is 11.2. The van der Waals surface area contributed by atoms with Crippen molar-refractivity contribution >= 4 is 17.5 Å². The number of para-hydroxylation sites is 1. The van der Waals surface area contributed by atoms with Crippen LogP contribution in [0.2, 0.25) is 0 Å². The van der Waals surface area contributed by atoms with Crippen LogP contribution in [0.5, 0.6) is 0 Å². The number of ether oxygens (including phenoxy) is 1. The quantitative estimate of drug-likeness (QED) is 0.526. The van der Waals surface area contributed by atoms with E-state index in [0.717, 1.165) is 56.9 Å². The molecule has 0 radical (unpaired) electrons. The molecule has 2 aliphatic rings. The van der Waals surface area contributed by atoms with Gasteiger partial charge in [-0.3, -0.25) is 14.5 Å². The second-order valence-electron chi connectivity index (χ2n) is 8.22. The van der Waals surface area contributed by atoms with Crippen LogP contribution in [0.3, 0.4) is 0 Å². The fourth-order valence-electron chi connectivity index (χ4n) is 4.36. The van der Waals surface area contributed by atoms with E-state index in [1.165, 1.54) is 5.56 Å². The van der Waals surface area contributed by atoms with E-state index in [2.05, 4.69) is 28.4 Å². The Morgan fingerprint density at radius 3 is 2.55 bits per heavy atom. The Bertz CT molecular complexity index is 881. The Labute approximate surface area is 184 Å². The lowest BCUT2D eigenvalue weighted by Crippen LogP contribution is -2.40. The largest absolute Gasteiger partial charge is 0.379 e. The molecule has 2 heterocycles. The molecular weight excluding hydrogens is 390 g/mol. The highest BCUT2D eigenvalue weighted by molar-refractivity contribution is 6.09. The van der Waals surface area contributed by atoms with E-state index in [1.54, 1.807) is 4.90 Å². The maximum atomic E-state index is 13.1. The van der Waals surface area contributed by atoms with Crippen molar-refractivity contribution in [1.82, 2.24) is 10.2 Å². The first-order valence-electron chi connectivity index (χ1n) is 11.2. The first kappa shape index (κ1) is 21.5. The SMILES string of the molecule is O=C(NCCCN1CCOCC1)C1CCN(c2ccccc2Cc2ccccc2)C1=O. The predicted octanol–water partition coefficient (Wildman–Crippen LogP) is 2.47. The van der Waals surface area contributed by atoms with Crippen LogP contribution in [0, 0.1) is 5.92 Å². The predicted molar refractivity (Wildman–Crippen MR) is 121 cm³/mol. The average Bonchev–Trinajstić information content (AvgIpc) is 3.19. The maximum absolute atomic E-state index is 13.1. The molecule has 2 saturated heterocycles. The summed E-state index contributed by atoms with van der Waals surface area (Å²) in [6, 6.07) is 18.2. The second kappa shape index (κ2) is 10.6. The van der Waals surface area contributed by atoms with Gasteiger partial charge in [-0.25, -0.2) is 0 Å². The number of nitrogens with one attached hydrogen (secondary N) is 1. The number of amides is 2. The summed E-state index contributed by atoms with van der Waals surface area (Å²) in [4.78, 5) is 29.9. The molecule has 4 rings (SSSR count). The molecule has 2 aliphatic heterocycles. The van der Waals surface area contributed by atoms with Crippen LogP contribution in [-0.4, -0.2) is 62.7 Å². The van der Waals surface area contributed by atoms with Crippen LogP contribution in [0.1, 0.15) is 24.0 Å². The molecule has 1 N–H and O–H groups in total. The summed E-state index contributed by atoms with van der Waals surface area (Å²) in [6.07, 6.45) is 2.21. The van der Waals surface area contributed by atoms with Crippen LogP contribution in [0.15, 0.2) is 54.6 Å². The molecule has 2 aromatic carbocycles.